The highest BCUT2D eigenvalue weighted by atomic mass is 15.2. The van der Waals surface area contributed by atoms with Gasteiger partial charge < -0.3 is 0 Å². The molecule has 2 heteroatoms. The minimum absolute atomic E-state index is 1.32. The van der Waals surface area contributed by atoms with E-state index in [0.29, 0.717) is 0 Å². The topological polar surface area (TPSA) is 9.14 Å². The molecule has 0 fully saturated rings. The first-order chi connectivity index (χ1) is 45.8. The van der Waals surface area contributed by atoms with Gasteiger partial charge in [0.15, 0.2) is 0 Å². The molecule has 0 aromatic carbocycles. The van der Waals surface area contributed by atoms with Crippen molar-refractivity contribution >= 4 is 0 Å². The fourth-order valence-corrected chi connectivity index (χ4v) is 15.3. The zero-order valence-corrected chi connectivity index (χ0v) is 65.7. The summed E-state index contributed by atoms with van der Waals surface area (Å²) in [4.78, 5) is 5.93. The molecule has 0 N–H and O–H groups in total. The molecule has 0 amide bonds. The standard InChI is InChI=1S/C90H184N2/c1-5-9-13-17-21-25-29-33-37-41-45-49-53-57-61-65-69-73-77-81-85-91(86-82-78-74-70-66-62-58-54-50-46-42-38-34-30-26-22-18-14-10-6-2)89-90-92(87-83-79-75-71-67-63-59-55-51-47-43-39-35-31-27-23-19-15-11-7-3)88-84-80-76-72-68-64-60-56-52-48-44-40-36-32-28-24-20-16-12-8-4/h5-90H2,1-4H3/q+1. The smallest absolute Gasteiger partial charge is 0.135 e. The van der Waals surface area contributed by atoms with Crippen molar-refractivity contribution in [1.82, 2.24) is 9.80 Å². The van der Waals surface area contributed by atoms with E-state index in [2.05, 4.69) is 37.5 Å². The molecule has 0 aliphatic heterocycles. The monoisotopic (exact) mass is 1290 g/mol. The Morgan fingerprint density at radius 1 is 0.120 bits per heavy atom. The van der Waals surface area contributed by atoms with E-state index in [-0.39, 0.29) is 0 Å². The first-order valence-electron chi connectivity index (χ1n) is 45.2. The fourth-order valence-electron chi connectivity index (χ4n) is 15.3. The van der Waals surface area contributed by atoms with Gasteiger partial charge in [0.1, 0.15) is 19.6 Å². The Balaban J connectivity index is 4.88. The van der Waals surface area contributed by atoms with Crippen LogP contribution in [0.1, 0.15) is 541 Å². The average Bonchev–Trinajstić information content (AvgIpc) is 3.77. The van der Waals surface area contributed by atoms with Crippen LogP contribution in [0.3, 0.4) is 0 Å². The maximum atomic E-state index is 2.96. The van der Waals surface area contributed by atoms with Crippen LogP contribution in [0.2, 0.25) is 0 Å². The molecule has 0 aromatic heterocycles. The molecule has 0 aliphatic carbocycles. The minimum Gasteiger partial charge on any atom is -0.298 e. The summed E-state index contributed by atoms with van der Waals surface area (Å²) in [5.74, 6) is 0. The number of rotatable bonds is 87. The first kappa shape index (κ1) is 91.9. The molecule has 0 saturated carbocycles. The number of hydrogen-bond acceptors (Lipinski definition) is 2. The van der Waals surface area contributed by atoms with Gasteiger partial charge in [-0.05, 0) is 38.8 Å². The minimum atomic E-state index is 1.32. The number of hydrogen-bond donors (Lipinski definition) is 0. The molecular formula is C90H184N2+. The maximum absolute atomic E-state index is 2.96. The van der Waals surface area contributed by atoms with Crippen molar-refractivity contribution in [3.05, 3.63) is 0 Å². The van der Waals surface area contributed by atoms with Crippen LogP contribution in [0.25, 0.3) is 0 Å². The molecular weight excluding hydrogens is 1110 g/mol. The highest BCUT2D eigenvalue weighted by molar-refractivity contribution is 4.70. The lowest BCUT2D eigenvalue weighted by molar-refractivity contribution is 0.236. The molecule has 0 bridgehead atoms. The lowest BCUT2D eigenvalue weighted by Crippen LogP contribution is -2.41. The third kappa shape index (κ3) is 82.3. The van der Waals surface area contributed by atoms with Crippen LogP contribution in [-0.4, -0.2) is 44.2 Å². The van der Waals surface area contributed by atoms with Gasteiger partial charge in [0.25, 0.3) is 0 Å². The van der Waals surface area contributed by atoms with Crippen LogP contribution in [0.15, 0.2) is 0 Å². The summed E-state index contributed by atoms with van der Waals surface area (Å²) in [6.45, 7) is 17.4. The van der Waals surface area contributed by atoms with Gasteiger partial charge in [-0.15, -0.1) is 0 Å². The summed E-state index contributed by atoms with van der Waals surface area (Å²) in [6.07, 6.45) is 118. The lowest BCUT2D eigenvalue weighted by Gasteiger charge is -2.23. The van der Waals surface area contributed by atoms with Crippen LogP contribution in [0, 0.1) is 0 Å². The van der Waals surface area contributed by atoms with Gasteiger partial charge in [-0.1, -0.05) is 503 Å². The molecule has 0 aliphatic rings. The summed E-state index contributed by atoms with van der Waals surface area (Å²) in [5, 5.41) is 0. The Hall–Kier alpha value is -0.0800. The fraction of sp³-hybridized carbons (Fsp3) is 1.00. The van der Waals surface area contributed by atoms with Gasteiger partial charge in [0.2, 0.25) is 0 Å². The second kappa shape index (κ2) is 87.0. The van der Waals surface area contributed by atoms with Crippen LogP contribution in [0.5, 0.6) is 0 Å². The molecule has 0 rings (SSSR count). The van der Waals surface area contributed by atoms with Gasteiger partial charge in [0, 0.05) is 12.8 Å². The Morgan fingerprint density at radius 2 is 0.239 bits per heavy atom. The van der Waals surface area contributed by atoms with E-state index in [9.17, 15) is 0 Å². The highest BCUT2D eigenvalue weighted by Crippen LogP contribution is 2.21. The Morgan fingerprint density at radius 3 is 0.380 bits per heavy atom. The quantitative estimate of drug-likeness (QED) is 0.0436. The normalized spacial score (nSPS) is 11.9. The molecule has 553 valence electrons. The van der Waals surface area contributed by atoms with Crippen LogP contribution in [0.4, 0.5) is 0 Å². The summed E-state index contributed by atoms with van der Waals surface area (Å²) in [7, 11) is 0. The van der Waals surface area contributed by atoms with Crippen molar-refractivity contribution in [1.29, 1.82) is 0 Å². The Bertz CT molecular complexity index is 1030. The predicted octanol–water partition coefficient (Wildman–Crippen LogP) is 32.7. The molecule has 0 heterocycles. The molecule has 0 unspecified atom stereocenters. The molecule has 2 nitrogen and oxygen atoms in total. The molecule has 0 spiro atoms. The van der Waals surface area contributed by atoms with Crippen molar-refractivity contribution in [2.24, 2.45) is 0 Å². The van der Waals surface area contributed by atoms with E-state index >= 15 is 0 Å². The third-order valence-corrected chi connectivity index (χ3v) is 22.0. The second-order valence-corrected chi connectivity index (χ2v) is 31.6. The van der Waals surface area contributed by atoms with E-state index in [0.717, 1.165) is 0 Å². The van der Waals surface area contributed by atoms with Gasteiger partial charge in [-0.2, -0.15) is 4.90 Å². The zero-order chi connectivity index (χ0) is 66.0. The van der Waals surface area contributed by atoms with Gasteiger partial charge >= 0.3 is 0 Å². The van der Waals surface area contributed by atoms with Crippen molar-refractivity contribution < 1.29 is 0 Å². The lowest BCUT2D eigenvalue weighted by atomic mass is 10.0. The van der Waals surface area contributed by atoms with Crippen molar-refractivity contribution in [3.8, 4) is 0 Å². The molecule has 0 saturated heterocycles. The third-order valence-electron chi connectivity index (χ3n) is 22.0. The van der Waals surface area contributed by atoms with Crippen molar-refractivity contribution in [3.63, 3.8) is 0 Å². The zero-order valence-electron chi connectivity index (χ0n) is 65.7. The summed E-state index contributed by atoms with van der Waals surface area (Å²) in [6, 6.07) is 0. The van der Waals surface area contributed by atoms with Gasteiger partial charge in [0.05, 0.1) is 6.54 Å². The molecule has 1 radical (unpaired) electrons. The van der Waals surface area contributed by atoms with E-state index in [1.807, 2.05) is 0 Å². The highest BCUT2D eigenvalue weighted by Gasteiger charge is 2.17. The summed E-state index contributed by atoms with van der Waals surface area (Å²) < 4.78 is 0. The number of nitrogens with zero attached hydrogens (tertiary/aromatic N) is 2. The maximum Gasteiger partial charge on any atom is 0.135 e. The van der Waals surface area contributed by atoms with Crippen LogP contribution in [-0.2, 0) is 0 Å². The first-order valence-corrected chi connectivity index (χ1v) is 45.2. The van der Waals surface area contributed by atoms with Gasteiger partial charge in [-0.25, -0.2) is 0 Å². The van der Waals surface area contributed by atoms with E-state index < -0.39 is 0 Å². The van der Waals surface area contributed by atoms with Crippen molar-refractivity contribution in [2.75, 3.05) is 39.3 Å². The van der Waals surface area contributed by atoms with Crippen LogP contribution >= 0.6 is 0 Å². The van der Waals surface area contributed by atoms with E-state index in [4.69, 9.17) is 0 Å². The molecule has 0 aromatic rings. The Labute approximate surface area is 587 Å². The number of unbranched alkanes of at least 4 members (excludes halogenated alkanes) is 76. The molecule has 92 heavy (non-hydrogen) atoms. The Kier molecular flexibility index (Phi) is 86.9. The molecule has 0 atom stereocenters. The van der Waals surface area contributed by atoms with Crippen molar-refractivity contribution in [2.45, 2.75) is 541 Å². The average molecular weight is 1290 g/mol. The second-order valence-electron chi connectivity index (χ2n) is 31.6. The van der Waals surface area contributed by atoms with E-state index in [1.54, 1.807) is 0 Å². The summed E-state index contributed by atoms with van der Waals surface area (Å²) in [5.41, 5.74) is 0. The van der Waals surface area contributed by atoms with Gasteiger partial charge in [-0.3, -0.25) is 4.90 Å². The van der Waals surface area contributed by atoms with Crippen LogP contribution < -0.4 is 4.90 Å². The summed E-state index contributed by atoms with van der Waals surface area (Å²) >= 11 is 0. The predicted molar refractivity (Wildman–Crippen MR) is 425 cm³/mol. The SMILES string of the molecule is CCCCCCCCCCCCCCCCCCCCCCN(CCCCCCCCCCCCCCCCCCCCCC)CC[N+](CCCCCCCCCCCCCCCCCCCCCC)CCCCCCCCCCCCCCCCCCCCCC. The van der Waals surface area contributed by atoms with E-state index in [1.165, 1.54) is 553 Å². The largest absolute Gasteiger partial charge is 0.298 e.